The first-order valence-corrected chi connectivity index (χ1v) is 15.4. The topological polar surface area (TPSA) is 141 Å². The van der Waals surface area contributed by atoms with Gasteiger partial charge in [0.25, 0.3) is 0 Å². The predicted octanol–water partition coefficient (Wildman–Crippen LogP) is 5.80. The first-order valence-electron chi connectivity index (χ1n) is 15.4. The van der Waals surface area contributed by atoms with Crippen molar-refractivity contribution in [2.45, 2.75) is 90.2 Å². The zero-order chi connectivity index (χ0) is 35.7. The lowest BCUT2D eigenvalue weighted by Gasteiger charge is -2.29. The molecule has 0 radical (unpaired) electrons. The minimum Gasteiger partial charge on any atom is -0.464 e. The van der Waals surface area contributed by atoms with Gasteiger partial charge in [0.15, 0.2) is 11.9 Å². The number of halogens is 3. The number of alkyl carbamates (subject to hydrolysis) is 1. The Morgan fingerprint density at radius 3 is 2.17 bits per heavy atom. The van der Waals surface area contributed by atoms with Gasteiger partial charge in [-0.15, -0.1) is 0 Å². The minimum absolute atomic E-state index is 0.0228. The number of rotatable bonds is 13. The smallest absolute Gasteiger partial charge is 0.416 e. The van der Waals surface area contributed by atoms with Crippen LogP contribution in [0, 0.1) is 0 Å². The van der Waals surface area contributed by atoms with Gasteiger partial charge in [-0.05, 0) is 84.1 Å². The number of hydrogen-bond donors (Lipinski definition) is 3. The quantitative estimate of drug-likeness (QED) is 0.195. The molecule has 0 bridgehead atoms. The first kappa shape index (κ1) is 37.6. The number of hydrogen-bond acceptors (Lipinski definition) is 7. The lowest BCUT2D eigenvalue weighted by Crippen LogP contribution is -2.58. The molecule has 3 aromatic rings. The number of amides is 3. The fourth-order valence-corrected chi connectivity index (χ4v) is 4.64. The van der Waals surface area contributed by atoms with E-state index < -0.39 is 58.8 Å². The summed E-state index contributed by atoms with van der Waals surface area (Å²) < 4.78 is 51.2. The molecule has 2 atom stereocenters. The van der Waals surface area contributed by atoms with Crippen molar-refractivity contribution in [3.63, 3.8) is 0 Å². The maximum absolute atomic E-state index is 13.6. The van der Waals surface area contributed by atoms with Crippen LogP contribution >= 0.6 is 0 Å². The zero-order valence-corrected chi connectivity index (χ0v) is 27.8. The number of esters is 1. The molecule has 1 aromatic heterocycles. The van der Waals surface area contributed by atoms with E-state index in [4.69, 9.17) is 9.47 Å². The Bertz CT molecular complexity index is 1550. The Morgan fingerprint density at radius 1 is 0.938 bits per heavy atom. The van der Waals surface area contributed by atoms with Gasteiger partial charge < -0.3 is 30.0 Å². The first-order chi connectivity index (χ1) is 22.4. The van der Waals surface area contributed by atoms with Crippen LogP contribution in [0.4, 0.5) is 23.8 Å². The van der Waals surface area contributed by atoms with E-state index in [1.807, 2.05) is 30.3 Å². The number of imidazole rings is 1. The molecule has 0 saturated heterocycles. The second kappa shape index (κ2) is 15.8. The Morgan fingerprint density at radius 2 is 1.58 bits per heavy atom. The molecule has 0 aliphatic rings. The molecule has 11 nitrogen and oxygen atoms in total. The molecule has 0 aliphatic carbocycles. The fraction of sp³-hybridized carbons (Fsp3) is 0.441. The summed E-state index contributed by atoms with van der Waals surface area (Å²) in [5.41, 5.74) is -1.86. The van der Waals surface area contributed by atoms with Crippen LogP contribution in [0.3, 0.4) is 0 Å². The fourth-order valence-electron chi connectivity index (χ4n) is 4.64. The molecule has 2 unspecified atom stereocenters. The Kier molecular flexibility index (Phi) is 12.4. The highest BCUT2D eigenvalue weighted by molar-refractivity contribution is 5.98. The maximum Gasteiger partial charge on any atom is 0.416 e. The van der Waals surface area contributed by atoms with E-state index >= 15 is 0 Å². The van der Waals surface area contributed by atoms with E-state index in [0.29, 0.717) is 12.8 Å². The Balaban J connectivity index is 1.81. The summed E-state index contributed by atoms with van der Waals surface area (Å²) in [6, 6.07) is 11.4. The number of carbonyl (C=O) groups is 4. The number of benzene rings is 2. The Hall–Kier alpha value is -4.88. The van der Waals surface area contributed by atoms with Crippen molar-refractivity contribution in [1.29, 1.82) is 0 Å². The number of carbonyl (C=O) groups excluding carboxylic acids is 4. The van der Waals surface area contributed by atoms with Gasteiger partial charge >= 0.3 is 18.2 Å². The average molecular weight is 674 g/mol. The number of ether oxygens (including phenoxy) is 2. The van der Waals surface area contributed by atoms with Crippen LogP contribution in [-0.4, -0.2) is 57.2 Å². The van der Waals surface area contributed by atoms with Gasteiger partial charge in [0.05, 0.1) is 18.5 Å². The molecule has 0 fully saturated rings. The third-order valence-corrected chi connectivity index (χ3v) is 7.02. The van der Waals surface area contributed by atoms with Crippen LogP contribution < -0.4 is 16.0 Å². The van der Waals surface area contributed by atoms with Crippen LogP contribution in [-0.2, 0) is 36.5 Å². The normalized spacial score (nSPS) is 13.2. The molecular formula is C34H42F3N5O6. The maximum atomic E-state index is 13.6. The second-order valence-electron chi connectivity index (χ2n) is 12.6. The molecule has 0 spiro atoms. The van der Waals surface area contributed by atoms with Crippen molar-refractivity contribution in [1.82, 2.24) is 20.2 Å². The average Bonchev–Trinajstić information content (AvgIpc) is 3.43. The predicted molar refractivity (Wildman–Crippen MR) is 172 cm³/mol. The van der Waals surface area contributed by atoms with Gasteiger partial charge in [0, 0.05) is 6.20 Å². The van der Waals surface area contributed by atoms with Gasteiger partial charge in [0.2, 0.25) is 11.8 Å². The van der Waals surface area contributed by atoms with Gasteiger partial charge in [0.1, 0.15) is 17.2 Å². The third-order valence-electron chi connectivity index (χ3n) is 7.02. The van der Waals surface area contributed by atoms with Crippen molar-refractivity contribution < 1.29 is 41.8 Å². The SMILES string of the molecule is CCOC(=O)C(c1ccc(C(F)(F)F)cc1)n1cnc(NC(=O)C(CCCc2ccccc2)NC(=O)C(C)(C)NC(=O)OC(C)(C)C)c1. The van der Waals surface area contributed by atoms with Crippen LogP contribution in [0.5, 0.6) is 0 Å². The number of nitrogens with one attached hydrogen (secondary N) is 3. The number of nitrogens with zero attached hydrogens (tertiary/aromatic N) is 2. The summed E-state index contributed by atoms with van der Waals surface area (Å²) in [6.45, 7) is 9.63. The van der Waals surface area contributed by atoms with E-state index in [9.17, 15) is 32.3 Å². The molecular weight excluding hydrogens is 631 g/mol. The van der Waals surface area contributed by atoms with E-state index in [1.165, 1.54) is 43.1 Å². The summed E-state index contributed by atoms with van der Waals surface area (Å²) in [5.74, 6) is -1.96. The minimum atomic E-state index is -4.56. The largest absolute Gasteiger partial charge is 0.464 e. The number of alkyl halides is 3. The number of aryl methyl sites for hydroxylation is 1. The molecule has 3 rings (SSSR count). The number of aromatic nitrogens is 2. The molecule has 0 aliphatic heterocycles. The number of anilines is 1. The highest BCUT2D eigenvalue weighted by Gasteiger charge is 2.35. The van der Waals surface area contributed by atoms with E-state index in [2.05, 4.69) is 20.9 Å². The van der Waals surface area contributed by atoms with E-state index in [-0.39, 0.29) is 24.4 Å². The van der Waals surface area contributed by atoms with Gasteiger partial charge in [-0.1, -0.05) is 42.5 Å². The summed E-state index contributed by atoms with van der Waals surface area (Å²) in [7, 11) is 0. The molecule has 3 N–H and O–H groups in total. The third kappa shape index (κ3) is 11.1. The van der Waals surface area contributed by atoms with Crippen molar-refractivity contribution in [3.8, 4) is 0 Å². The molecule has 0 saturated carbocycles. The molecule has 14 heteroatoms. The van der Waals surface area contributed by atoms with Crippen molar-refractivity contribution >= 4 is 29.7 Å². The van der Waals surface area contributed by atoms with E-state index in [1.54, 1.807) is 27.7 Å². The molecule has 260 valence electrons. The van der Waals surface area contributed by atoms with E-state index in [0.717, 1.165) is 17.7 Å². The van der Waals surface area contributed by atoms with Crippen molar-refractivity contribution in [3.05, 3.63) is 83.8 Å². The molecule has 1 heterocycles. The van der Waals surface area contributed by atoms with Crippen molar-refractivity contribution in [2.24, 2.45) is 0 Å². The summed E-state index contributed by atoms with van der Waals surface area (Å²) in [4.78, 5) is 56.4. The van der Waals surface area contributed by atoms with Gasteiger partial charge in [-0.25, -0.2) is 14.6 Å². The summed E-state index contributed by atoms with van der Waals surface area (Å²) >= 11 is 0. The van der Waals surface area contributed by atoms with Crippen LogP contribution in [0.2, 0.25) is 0 Å². The highest BCUT2D eigenvalue weighted by Crippen LogP contribution is 2.31. The van der Waals surface area contributed by atoms with Crippen LogP contribution in [0.1, 0.15) is 77.1 Å². The lowest BCUT2D eigenvalue weighted by molar-refractivity contribution is -0.145. The molecule has 48 heavy (non-hydrogen) atoms. The summed E-state index contributed by atoms with van der Waals surface area (Å²) in [5, 5.41) is 7.89. The van der Waals surface area contributed by atoms with Gasteiger partial charge in [-0.3, -0.25) is 9.59 Å². The Labute approximate surface area is 277 Å². The zero-order valence-electron chi connectivity index (χ0n) is 27.8. The lowest BCUT2D eigenvalue weighted by atomic mass is 10.0. The van der Waals surface area contributed by atoms with Gasteiger partial charge in [-0.2, -0.15) is 13.2 Å². The standard InChI is InChI=1S/C34H42F3N5O6/c1-7-47-29(44)27(23-16-18-24(19-17-23)34(35,36)37)42-20-26(38-21-42)40-28(43)25(15-11-14-22-12-9-8-10-13-22)39-30(45)33(5,6)41-31(46)48-32(2,3)4/h8-10,12-13,16-21,25,27H,7,11,14-15H2,1-6H3,(H,39,45)(H,40,43)(H,41,46). The second-order valence-corrected chi connectivity index (χ2v) is 12.6. The monoisotopic (exact) mass is 673 g/mol. The highest BCUT2D eigenvalue weighted by atomic mass is 19.4. The molecule has 2 aromatic carbocycles. The van der Waals surface area contributed by atoms with Crippen LogP contribution in [0.15, 0.2) is 67.1 Å². The summed E-state index contributed by atoms with van der Waals surface area (Å²) in [6.07, 6.45) is -1.40. The molecule has 3 amide bonds. The van der Waals surface area contributed by atoms with Crippen LogP contribution in [0.25, 0.3) is 0 Å². The van der Waals surface area contributed by atoms with Crippen molar-refractivity contribution in [2.75, 3.05) is 11.9 Å².